The summed E-state index contributed by atoms with van der Waals surface area (Å²) >= 11 is 0. The van der Waals surface area contributed by atoms with E-state index >= 15 is 0 Å². The maximum atomic E-state index is 10.8. The molecule has 1 saturated heterocycles. The average molecular weight is 470 g/mol. The molecular formula is C22H26N6O6. The van der Waals surface area contributed by atoms with Gasteiger partial charge < -0.3 is 29.6 Å². The Balaban J connectivity index is 1.51. The van der Waals surface area contributed by atoms with Gasteiger partial charge in [-0.2, -0.15) is 9.97 Å². The van der Waals surface area contributed by atoms with Crippen LogP contribution in [0.2, 0.25) is 0 Å². The van der Waals surface area contributed by atoms with E-state index in [0.29, 0.717) is 48.9 Å². The van der Waals surface area contributed by atoms with Gasteiger partial charge in [0.1, 0.15) is 6.10 Å². The van der Waals surface area contributed by atoms with Crippen molar-refractivity contribution in [3.8, 4) is 5.88 Å². The highest BCUT2D eigenvalue weighted by Gasteiger charge is 2.33. The first-order valence-electron chi connectivity index (χ1n) is 10.9. The number of nitro benzene ring substituents is 1. The van der Waals surface area contributed by atoms with E-state index in [1.54, 1.807) is 29.1 Å². The number of benzene rings is 1. The summed E-state index contributed by atoms with van der Waals surface area (Å²) in [5.41, 5.74) is 1.94. The molecule has 3 N–H and O–H groups in total. The van der Waals surface area contributed by atoms with Gasteiger partial charge in [0.05, 0.1) is 43.2 Å². The number of aromatic nitrogens is 4. The Labute approximate surface area is 195 Å². The molecule has 2 aromatic heterocycles. The molecule has 1 aliphatic heterocycles. The first kappa shape index (κ1) is 23.5. The molecule has 34 heavy (non-hydrogen) atoms. The second kappa shape index (κ2) is 10.5. The predicted octanol–water partition coefficient (Wildman–Crippen LogP) is 1.46. The van der Waals surface area contributed by atoms with Crippen molar-refractivity contribution in [2.75, 3.05) is 25.1 Å². The Hall–Kier alpha value is -3.61. The number of nitrogens with zero attached hydrogens (tertiary/aromatic N) is 5. The Morgan fingerprint density at radius 1 is 1.35 bits per heavy atom. The highest BCUT2D eigenvalue weighted by atomic mass is 16.6. The zero-order valence-corrected chi connectivity index (χ0v) is 18.4. The zero-order chi connectivity index (χ0) is 24.1. The molecule has 3 aromatic rings. The Bertz CT molecular complexity index is 1150. The Morgan fingerprint density at radius 3 is 2.82 bits per heavy atom. The van der Waals surface area contributed by atoms with E-state index in [0.717, 1.165) is 5.56 Å². The lowest BCUT2D eigenvalue weighted by molar-refractivity contribution is -0.384. The quantitative estimate of drug-likeness (QED) is 0.213. The molecule has 0 aliphatic carbocycles. The molecule has 12 heteroatoms. The van der Waals surface area contributed by atoms with Crippen molar-refractivity contribution >= 4 is 22.8 Å². The van der Waals surface area contributed by atoms with Crippen LogP contribution in [-0.4, -0.2) is 72.7 Å². The van der Waals surface area contributed by atoms with Gasteiger partial charge >= 0.3 is 0 Å². The van der Waals surface area contributed by atoms with Gasteiger partial charge in [-0.05, 0) is 5.56 Å². The third-order valence-electron chi connectivity index (χ3n) is 5.49. The monoisotopic (exact) mass is 470 g/mol. The summed E-state index contributed by atoms with van der Waals surface area (Å²) in [6.07, 6.45) is 2.60. The molecule has 3 atom stereocenters. The number of anilines is 1. The van der Waals surface area contributed by atoms with Gasteiger partial charge in [-0.15, -0.1) is 6.58 Å². The summed E-state index contributed by atoms with van der Waals surface area (Å²) in [7, 11) is 0. The number of non-ortho nitro benzene ring substituents is 1. The van der Waals surface area contributed by atoms with Crippen LogP contribution >= 0.6 is 0 Å². The number of aliphatic hydroxyl groups is 2. The molecule has 1 aliphatic rings. The van der Waals surface area contributed by atoms with Crippen LogP contribution < -0.4 is 10.1 Å². The number of imidazole rings is 1. The fraction of sp³-hybridized carbons (Fsp3) is 0.409. The minimum Gasteiger partial charge on any atom is -0.476 e. The topological polar surface area (TPSA) is 158 Å². The zero-order valence-electron chi connectivity index (χ0n) is 18.4. The van der Waals surface area contributed by atoms with Gasteiger partial charge in [0.15, 0.2) is 11.2 Å². The van der Waals surface area contributed by atoms with E-state index in [9.17, 15) is 20.3 Å². The molecule has 1 fully saturated rings. The highest BCUT2D eigenvalue weighted by molar-refractivity contribution is 5.77. The molecular weight excluding hydrogens is 444 g/mol. The predicted molar refractivity (Wildman–Crippen MR) is 123 cm³/mol. The maximum Gasteiger partial charge on any atom is 0.269 e. The Morgan fingerprint density at radius 2 is 2.15 bits per heavy atom. The second-order valence-corrected chi connectivity index (χ2v) is 7.90. The van der Waals surface area contributed by atoms with E-state index in [2.05, 4.69) is 26.8 Å². The van der Waals surface area contributed by atoms with Crippen LogP contribution in [0.3, 0.4) is 0 Å². The van der Waals surface area contributed by atoms with Crippen molar-refractivity contribution in [3.63, 3.8) is 0 Å². The van der Waals surface area contributed by atoms with Crippen molar-refractivity contribution in [3.05, 3.63) is 58.9 Å². The smallest absolute Gasteiger partial charge is 0.269 e. The minimum absolute atomic E-state index is 0.0368. The number of rotatable bonds is 11. The average Bonchev–Trinajstić information content (AvgIpc) is 3.40. The van der Waals surface area contributed by atoms with Crippen LogP contribution in [0, 0.1) is 10.1 Å². The van der Waals surface area contributed by atoms with Crippen molar-refractivity contribution in [1.82, 2.24) is 19.5 Å². The van der Waals surface area contributed by atoms with Crippen LogP contribution in [-0.2, 0) is 17.7 Å². The number of nitrogens with one attached hydrogen (secondary N) is 1. The number of hydrogen-bond donors (Lipinski definition) is 3. The molecule has 0 amide bonds. The standard InChI is InChI=1S/C22H26N6O6/c1-2-8-23-22-25-20-19(24-13-27(20)11-16-10-17(30)18(12-29)34-16)21(26-22)33-9-7-14-3-5-15(6-4-14)28(31)32/h2-6,13,16-18,29-30H,1,7-12H2,(H,23,25,26)/t16-,17-,18-/m1/s1. The molecule has 0 bridgehead atoms. The van der Waals surface area contributed by atoms with E-state index in [4.69, 9.17) is 9.47 Å². The molecule has 4 rings (SSSR count). The summed E-state index contributed by atoms with van der Waals surface area (Å²) in [6.45, 7) is 4.58. The summed E-state index contributed by atoms with van der Waals surface area (Å²) < 4.78 is 13.4. The summed E-state index contributed by atoms with van der Waals surface area (Å²) in [5, 5.41) is 33.2. The minimum atomic E-state index is -0.720. The molecule has 0 saturated carbocycles. The number of nitro groups is 1. The number of hydrogen-bond acceptors (Lipinski definition) is 10. The third-order valence-corrected chi connectivity index (χ3v) is 5.49. The number of aliphatic hydroxyl groups excluding tert-OH is 2. The van der Waals surface area contributed by atoms with Crippen molar-refractivity contribution in [1.29, 1.82) is 0 Å². The van der Waals surface area contributed by atoms with Crippen LogP contribution in [0.25, 0.3) is 11.2 Å². The number of fused-ring (bicyclic) bond motifs is 1. The lowest BCUT2D eigenvalue weighted by Gasteiger charge is -2.13. The molecule has 3 heterocycles. The van der Waals surface area contributed by atoms with Crippen LogP contribution in [0.1, 0.15) is 12.0 Å². The summed E-state index contributed by atoms with van der Waals surface area (Å²) in [4.78, 5) is 23.8. The maximum absolute atomic E-state index is 10.8. The molecule has 12 nitrogen and oxygen atoms in total. The SMILES string of the molecule is C=CCNc1nc(OCCc2ccc([N+](=O)[O-])cc2)c2ncn(C[C@H]3C[C@@H](O)[C@@H](CO)O3)c2n1. The molecule has 0 unspecified atom stereocenters. The van der Waals surface area contributed by atoms with Crippen LogP contribution in [0.5, 0.6) is 5.88 Å². The van der Waals surface area contributed by atoms with E-state index < -0.39 is 17.1 Å². The first-order valence-corrected chi connectivity index (χ1v) is 10.9. The van der Waals surface area contributed by atoms with Gasteiger partial charge in [0.25, 0.3) is 5.69 Å². The normalized spacial score (nSPS) is 19.9. The summed E-state index contributed by atoms with van der Waals surface area (Å²) in [5.74, 6) is 0.651. The lowest BCUT2D eigenvalue weighted by Crippen LogP contribution is -2.24. The lowest BCUT2D eigenvalue weighted by atomic mass is 10.1. The van der Waals surface area contributed by atoms with Gasteiger partial charge in [0, 0.05) is 31.5 Å². The Kier molecular flexibility index (Phi) is 7.30. The fourth-order valence-electron chi connectivity index (χ4n) is 3.76. The van der Waals surface area contributed by atoms with Crippen molar-refractivity contribution < 1.29 is 24.6 Å². The van der Waals surface area contributed by atoms with Crippen LogP contribution in [0.15, 0.2) is 43.2 Å². The van der Waals surface area contributed by atoms with Gasteiger partial charge in [-0.3, -0.25) is 10.1 Å². The molecule has 1 aromatic carbocycles. The van der Waals surface area contributed by atoms with Gasteiger partial charge in [0.2, 0.25) is 11.8 Å². The van der Waals surface area contributed by atoms with Crippen molar-refractivity contribution in [2.45, 2.75) is 37.7 Å². The van der Waals surface area contributed by atoms with E-state index in [1.807, 2.05) is 0 Å². The number of ether oxygens (including phenoxy) is 2. The van der Waals surface area contributed by atoms with E-state index in [1.165, 1.54) is 12.1 Å². The second-order valence-electron chi connectivity index (χ2n) is 7.90. The van der Waals surface area contributed by atoms with Crippen molar-refractivity contribution in [2.24, 2.45) is 0 Å². The molecule has 0 radical (unpaired) electrons. The van der Waals surface area contributed by atoms with Gasteiger partial charge in [-0.1, -0.05) is 18.2 Å². The van der Waals surface area contributed by atoms with E-state index in [-0.39, 0.29) is 25.0 Å². The molecule has 180 valence electrons. The van der Waals surface area contributed by atoms with Gasteiger partial charge in [-0.25, -0.2) is 4.98 Å². The summed E-state index contributed by atoms with van der Waals surface area (Å²) in [6, 6.07) is 6.30. The fourth-order valence-corrected chi connectivity index (χ4v) is 3.76. The molecule has 0 spiro atoms. The first-order chi connectivity index (χ1) is 16.5. The third kappa shape index (κ3) is 5.30. The van der Waals surface area contributed by atoms with Crippen LogP contribution in [0.4, 0.5) is 11.6 Å². The highest BCUT2D eigenvalue weighted by Crippen LogP contribution is 2.26. The largest absolute Gasteiger partial charge is 0.476 e.